The van der Waals surface area contributed by atoms with Gasteiger partial charge in [-0.2, -0.15) is 0 Å². The third-order valence-corrected chi connectivity index (χ3v) is 8.92. The van der Waals surface area contributed by atoms with Crippen LogP contribution in [0.2, 0.25) is 0 Å². The van der Waals surface area contributed by atoms with Gasteiger partial charge in [0.25, 0.3) is 0 Å². The molecule has 0 aliphatic heterocycles. The zero-order chi connectivity index (χ0) is 29.0. The van der Waals surface area contributed by atoms with Crippen molar-refractivity contribution in [2.24, 2.45) is 0 Å². The van der Waals surface area contributed by atoms with Gasteiger partial charge in [0.2, 0.25) is 0 Å². The Morgan fingerprint density at radius 1 is 0.318 bits per heavy atom. The maximum absolute atomic E-state index is 4.99. The lowest BCUT2D eigenvalue weighted by atomic mass is 9.86. The molecule has 44 heavy (non-hydrogen) atoms. The third-order valence-electron chi connectivity index (χ3n) is 8.92. The zero-order valence-electron chi connectivity index (χ0n) is 23.9. The minimum Gasteiger partial charge on any atom is -0.236 e. The number of aromatic nitrogens is 2. The number of rotatable bonds is 3. The van der Waals surface area contributed by atoms with Crippen molar-refractivity contribution < 1.29 is 0 Å². The molecule has 9 aromatic rings. The van der Waals surface area contributed by atoms with E-state index in [1.165, 1.54) is 65.2 Å². The normalized spacial score (nSPS) is 11.6. The number of benzene rings is 8. The molecule has 0 fully saturated rings. The number of nitrogens with zero attached hydrogens (tertiary/aromatic N) is 2. The van der Waals surface area contributed by atoms with E-state index in [1.807, 2.05) is 12.4 Å². The van der Waals surface area contributed by atoms with Gasteiger partial charge in [-0.1, -0.05) is 133 Å². The van der Waals surface area contributed by atoms with E-state index >= 15 is 0 Å². The number of fused-ring (bicyclic) bond motifs is 6. The van der Waals surface area contributed by atoms with Crippen molar-refractivity contribution in [1.29, 1.82) is 0 Å². The molecule has 0 aliphatic carbocycles. The summed E-state index contributed by atoms with van der Waals surface area (Å²) in [6, 6.07) is 52.1. The highest BCUT2D eigenvalue weighted by molar-refractivity contribution is 6.21. The van der Waals surface area contributed by atoms with Gasteiger partial charge in [-0.15, -0.1) is 0 Å². The van der Waals surface area contributed by atoms with Gasteiger partial charge in [0.1, 0.15) is 0 Å². The smallest absolute Gasteiger partial charge is 0.159 e. The van der Waals surface area contributed by atoms with Crippen LogP contribution in [0.5, 0.6) is 0 Å². The van der Waals surface area contributed by atoms with E-state index < -0.39 is 0 Å². The first-order valence-corrected chi connectivity index (χ1v) is 15.0. The van der Waals surface area contributed by atoms with Crippen molar-refractivity contribution >= 4 is 53.9 Å². The summed E-state index contributed by atoms with van der Waals surface area (Å²) in [5.41, 5.74) is 5.69. The lowest BCUT2D eigenvalue weighted by Crippen LogP contribution is -1.94. The van der Waals surface area contributed by atoms with Gasteiger partial charge >= 0.3 is 0 Å². The predicted octanol–water partition coefficient (Wildman–Crippen LogP) is 11.2. The van der Waals surface area contributed by atoms with Crippen molar-refractivity contribution in [3.05, 3.63) is 158 Å². The van der Waals surface area contributed by atoms with E-state index in [9.17, 15) is 0 Å². The minimum absolute atomic E-state index is 0.731. The molecule has 0 N–H and O–H groups in total. The Bertz CT molecular complexity index is 2470. The van der Waals surface area contributed by atoms with Crippen LogP contribution in [0.3, 0.4) is 0 Å². The first-order chi connectivity index (χ1) is 21.8. The van der Waals surface area contributed by atoms with Crippen LogP contribution < -0.4 is 0 Å². The Morgan fingerprint density at radius 2 is 0.864 bits per heavy atom. The SMILES string of the molecule is c1ccc(-c2c3ccccc3c(-c3cnc(-c4cccc5c4ccc4cc6ccccc6cc45)nc3)c3ccccc23)cc1. The summed E-state index contributed by atoms with van der Waals surface area (Å²) in [4.78, 5) is 9.98. The Hall–Kier alpha value is -5.86. The maximum atomic E-state index is 4.99. The Labute approximate surface area is 254 Å². The second-order valence-electron chi connectivity index (χ2n) is 11.4. The van der Waals surface area contributed by atoms with Gasteiger partial charge < -0.3 is 0 Å². The Kier molecular flexibility index (Phi) is 5.54. The molecular weight excluding hydrogens is 532 g/mol. The Morgan fingerprint density at radius 3 is 1.52 bits per heavy atom. The molecule has 1 heterocycles. The topological polar surface area (TPSA) is 25.8 Å². The van der Waals surface area contributed by atoms with Crippen molar-refractivity contribution in [3.8, 4) is 33.6 Å². The molecular formula is C42H26N2. The molecule has 8 aromatic carbocycles. The molecule has 0 atom stereocenters. The predicted molar refractivity (Wildman–Crippen MR) is 186 cm³/mol. The summed E-state index contributed by atoms with van der Waals surface area (Å²) < 4.78 is 0. The van der Waals surface area contributed by atoms with Crippen molar-refractivity contribution in [1.82, 2.24) is 9.97 Å². The van der Waals surface area contributed by atoms with Crippen LogP contribution in [-0.2, 0) is 0 Å². The molecule has 2 nitrogen and oxygen atoms in total. The first kappa shape index (κ1) is 24.7. The highest BCUT2D eigenvalue weighted by Gasteiger charge is 2.17. The maximum Gasteiger partial charge on any atom is 0.159 e. The fourth-order valence-corrected chi connectivity index (χ4v) is 6.93. The van der Waals surface area contributed by atoms with E-state index in [-0.39, 0.29) is 0 Å². The van der Waals surface area contributed by atoms with Crippen LogP contribution in [0.4, 0.5) is 0 Å². The van der Waals surface area contributed by atoms with Gasteiger partial charge in [0.05, 0.1) is 0 Å². The summed E-state index contributed by atoms with van der Waals surface area (Å²) in [7, 11) is 0. The summed E-state index contributed by atoms with van der Waals surface area (Å²) in [5.74, 6) is 0.731. The van der Waals surface area contributed by atoms with E-state index in [0.717, 1.165) is 22.3 Å². The lowest BCUT2D eigenvalue weighted by Gasteiger charge is -2.17. The molecule has 0 spiro atoms. The fraction of sp³-hybridized carbons (Fsp3) is 0. The largest absolute Gasteiger partial charge is 0.236 e. The Balaban J connectivity index is 1.23. The third kappa shape index (κ3) is 3.82. The highest BCUT2D eigenvalue weighted by atomic mass is 14.9. The standard InChI is InChI=1S/C42H26N2/c1-2-11-27(12-3-1)40-34-15-6-8-17-36(34)41(37-18-9-7-16-35(37)40)31-25-43-42(44-26-31)38-20-10-19-32-33(38)22-21-30-23-28-13-4-5-14-29(28)24-39(30)32/h1-26H. The van der Waals surface area contributed by atoms with Crippen LogP contribution in [0.15, 0.2) is 158 Å². The summed E-state index contributed by atoms with van der Waals surface area (Å²) in [6.45, 7) is 0. The highest BCUT2D eigenvalue weighted by Crippen LogP contribution is 2.43. The molecule has 0 unspecified atom stereocenters. The first-order valence-electron chi connectivity index (χ1n) is 15.0. The van der Waals surface area contributed by atoms with Crippen LogP contribution in [-0.4, -0.2) is 9.97 Å². The quantitative estimate of drug-likeness (QED) is 0.159. The van der Waals surface area contributed by atoms with Crippen molar-refractivity contribution in [3.63, 3.8) is 0 Å². The molecule has 2 heteroatoms. The second-order valence-corrected chi connectivity index (χ2v) is 11.4. The van der Waals surface area contributed by atoms with E-state index in [4.69, 9.17) is 9.97 Å². The lowest BCUT2D eigenvalue weighted by molar-refractivity contribution is 1.18. The number of hydrogen-bond acceptors (Lipinski definition) is 2. The summed E-state index contributed by atoms with van der Waals surface area (Å²) in [5, 5.41) is 12.2. The second kappa shape index (κ2) is 9.86. The molecule has 9 rings (SSSR count). The summed E-state index contributed by atoms with van der Waals surface area (Å²) in [6.07, 6.45) is 3.98. The summed E-state index contributed by atoms with van der Waals surface area (Å²) >= 11 is 0. The van der Waals surface area contributed by atoms with Gasteiger partial charge in [-0.25, -0.2) is 9.97 Å². The van der Waals surface area contributed by atoms with Crippen LogP contribution >= 0.6 is 0 Å². The number of hydrogen-bond donors (Lipinski definition) is 0. The molecule has 204 valence electrons. The molecule has 1 aromatic heterocycles. The van der Waals surface area contributed by atoms with Gasteiger partial charge in [0.15, 0.2) is 5.82 Å². The van der Waals surface area contributed by atoms with Crippen molar-refractivity contribution in [2.45, 2.75) is 0 Å². The van der Waals surface area contributed by atoms with Crippen LogP contribution in [0, 0.1) is 0 Å². The average molecular weight is 559 g/mol. The van der Waals surface area contributed by atoms with E-state index in [2.05, 4.69) is 146 Å². The molecule has 0 amide bonds. The fourth-order valence-electron chi connectivity index (χ4n) is 6.93. The molecule has 0 saturated heterocycles. The van der Waals surface area contributed by atoms with Gasteiger partial charge in [-0.3, -0.25) is 0 Å². The van der Waals surface area contributed by atoms with E-state index in [1.54, 1.807) is 0 Å². The molecule has 0 radical (unpaired) electrons. The van der Waals surface area contributed by atoms with Crippen molar-refractivity contribution in [2.75, 3.05) is 0 Å². The van der Waals surface area contributed by atoms with Crippen LogP contribution in [0.1, 0.15) is 0 Å². The minimum atomic E-state index is 0.731. The van der Waals surface area contributed by atoms with Gasteiger partial charge in [0, 0.05) is 29.1 Å². The average Bonchev–Trinajstić information content (AvgIpc) is 3.10. The molecule has 0 saturated carbocycles. The molecule has 0 bridgehead atoms. The monoisotopic (exact) mass is 558 g/mol. The van der Waals surface area contributed by atoms with Gasteiger partial charge in [-0.05, 0) is 77.1 Å². The van der Waals surface area contributed by atoms with Crippen LogP contribution in [0.25, 0.3) is 87.5 Å². The zero-order valence-corrected chi connectivity index (χ0v) is 23.9. The van der Waals surface area contributed by atoms with E-state index in [0.29, 0.717) is 0 Å². The molecule has 0 aliphatic rings.